The summed E-state index contributed by atoms with van der Waals surface area (Å²) in [5.74, 6) is -1.34. The molecule has 0 saturated carbocycles. The van der Waals surface area contributed by atoms with Gasteiger partial charge in [0.25, 0.3) is 5.91 Å². The van der Waals surface area contributed by atoms with E-state index in [0.717, 1.165) is 12.1 Å². The normalized spacial score (nSPS) is 12.7. The van der Waals surface area contributed by atoms with E-state index in [1.54, 1.807) is 12.1 Å². The van der Waals surface area contributed by atoms with Gasteiger partial charge in [0.1, 0.15) is 5.82 Å². The van der Waals surface area contributed by atoms with E-state index >= 15 is 0 Å². The Kier molecular flexibility index (Phi) is 6.84. The van der Waals surface area contributed by atoms with Crippen molar-refractivity contribution in [1.82, 2.24) is 4.90 Å². The molecule has 0 unspecified atom stereocenters. The molecule has 0 heterocycles. The molecule has 1 atom stereocenters. The maximum Gasteiger partial charge on any atom is 0.416 e. The van der Waals surface area contributed by atoms with Crippen molar-refractivity contribution in [1.29, 1.82) is 0 Å². The monoisotopic (exact) mass is 403 g/mol. The summed E-state index contributed by atoms with van der Waals surface area (Å²) in [4.78, 5) is 13.8. The van der Waals surface area contributed by atoms with Crippen LogP contribution in [0.25, 0.3) is 0 Å². The summed E-state index contributed by atoms with van der Waals surface area (Å²) >= 11 is 5.73. The fraction of sp³-hybridized carbons (Fsp3) is 0.316. The molecule has 1 amide bonds. The van der Waals surface area contributed by atoms with Gasteiger partial charge in [0.05, 0.1) is 5.56 Å². The molecule has 0 aliphatic heterocycles. The summed E-state index contributed by atoms with van der Waals surface area (Å²) in [6.07, 6.45) is -4.31. The third kappa shape index (κ3) is 5.68. The van der Waals surface area contributed by atoms with Gasteiger partial charge < -0.3 is 10.0 Å². The number of rotatable bonds is 6. The summed E-state index contributed by atoms with van der Waals surface area (Å²) in [6.45, 7) is -0.0155. The number of amides is 1. The number of aliphatic hydroxyl groups excluding tert-OH is 1. The summed E-state index contributed by atoms with van der Waals surface area (Å²) in [6, 6.07) is 8.33. The van der Waals surface area contributed by atoms with E-state index in [0.29, 0.717) is 12.0 Å². The molecule has 8 heteroatoms. The quantitative estimate of drug-likeness (QED) is 0.708. The topological polar surface area (TPSA) is 40.5 Å². The number of hydrogen-bond acceptors (Lipinski definition) is 2. The highest BCUT2D eigenvalue weighted by Gasteiger charge is 2.32. The van der Waals surface area contributed by atoms with Crippen LogP contribution in [0.5, 0.6) is 0 Å². The predicted octanol–water partition coefficient (Wildman–Crippen LogP) is 4.74. The van der Waals surface area contributed by atoms with Crippen LogP contribution in [0.2, 0.25) is 5.02 Å². The standard InChI is InChI=1S/C19H18ClF4NO2/c1-25(11-13(6-7-26)12-2-4-17(21)5-3-12)18(27)14-8-15(19(22,23)24)10-16(20)9-14/h2-5,8-10,13,26H,6-7,11H2,1H3/t13-/m1/s1. The average Bonchev–Trinajstić information content (AvgIpc) is 2.60. The molecule has 0 saturated heterocycles. The molecular formula is C19H18ClF4NO2. The molecule has 0 aliphatic carbocycles. The second-order valence-corrected chi connectivity index (χ2v) is 6.61. The smallest absolute Gasteiger partial charge is 0.396 e. The lowest BCUT2D eigenvalue weighted by molar-refractivity contribution is -0.137. The Morgan fingerprint density at radius 3 is 2.37 bits per heavy atom. The molecular weight excluding hydrogens is 386 g/mol. The minimum atomic E-state index is -4.62. The van der Waals surface area contributed by atoms with Crippen LogP contribution in [0.4, 0.5) is 17.6 Å². The third-order valence-electron chi connectivity index (χ3n) is 4.13. The van der Waals surface area contributed by atoms with Gasteiger partial charge >= 0.3 is 6.18 Å². The number of aliphatic hydroxyl groups is 1. The van der Waals surface area contributed by atoms with Gasteiger partial charge in [-0.15, -0.1) is 0 Å². The van der Waals surface area contributed by atoms with Crippen molar-refractivity contribution in [3.8, 4) is 0 Å². The van der Waals surface area contributed by atoms with Crippen LogP contribution < -0.4 is 0 Å². The highest BCUT2D eigenvalue weighted by molar-refractivity contribution is 6.31. The largest absolute Gasteiger partial charge is 0.416 e. The Balaban J connectivity index is 2.22. The first-order chi connectivity index (χ1) is 12.6. The highest BCUT2D eigenvalue weighted by atomic mass is 35.5. The van der Waals surface area contributed by atoms with Crippen LogP contribution in [0.3, 0.4) is 0 Å². The van der Waals surface area contributed by atoms with Crippen LogP contribution in [0.15, 0.2) is 42.5 Å². The van der Waals surface area contributed by atoms with Gasteiger partial charge in [-0.25, -0.2) is 4.39 Å². The molecule has 0 bridgehead atoms. The molecule has 0 spiro atoms. The average molecular weight is 404 g/mol. The maximum atomic E-state index is 13.1. The number of carbonyl (C=O) groups is 1. The van der Waals surface area contributed by atoms with Crippen molar-refractivity contribution < 1.29 is 27.5 Å². The van der Waals surface area contributed by atoms with Crippen LogP contribution in [-0.2, 0) is 6.18 Å². The Morgan fingerprint density at radius 2 is 1.81 bits per heavy atom. The SMILES string of the molecule is CN(C[C@@H](CCO)c1ccc(F)cc1)C(=O)c1cc(Cl)cc(C(F)(F)F)c1. The Labute approximate surface area is 159 Å². The lowest BCUT2D eigenvalue weighted by atomic mass is 9.95. The van der Waals surface area contributed by atoms with Crippen molar-refractivity contribution in [3.05, 3.63) is 70.0 Å². The lowest BCUT2D eigenvalue weighted by Gasteiger charge is -2.25. The van der Waals surface area contributed by atoms with Crippen LogP contribution >= 0.6 is 11.6 Å². The van der Waals surface area contributed by atoms with Crippen molar-refractivity contribution in [2.24, 2.45) is 0 Å². The van der Waals surface area contributed by atoms with Gasteiger partial charge in [-0.3, -0.25) is 4.79 Å². The van der Waals surface area contributed by atoms with Crippen LogP contribution in [0.1, 0.15) is 33.8 Å². The highest BCUT2D eigenvalue weighted by Crippen LogP contribution is 2.32. The van der Waals surface area contributed by atoms with E-state index in [-0.39, 0.29) is 29.7 Å². The first kappa shape index (κ1) is 21.2. The fourth-order valence-electron chi connectivity index (χ4n) is 2.76. The number of hydrogen-bond donors (Lipinski definition) is 1. The predicted molar refractivity (Wildman–Crippen MR) is 94.3 cm³/mol. The number of likely N-dealkylation sites (N-methyl/N-ethyl adjacent to an activating group) is 1. The minimum Gasteiger partial charge on any atom is -0.396 e. The molecule has 0 fully saturated rings. The molecule has 1 N–H and O–H groups in total. The number of benzene rings is 2. The second-order valence-electron chi connectivity index (χ2n) is 6.17. The van der Waals surface area contributed by atoms with Gasteiger partial charge in [0, 0.05) is 36.7 Å². The Bertz CT molecular complexity index is 793. The minimum absolute atomic E-state index is 0.138. The van der Waals surface area contributed by atoms with Gasteiger partial charge in [0.15, 0.2) is 0 Å². The van der Waals surface area contributed by atoms with E-state index in [2.05, 4.69) is 0 Å². The number of carbonyl (C=O) groups excluding carboxylic acids is 1. The van der Waals surface area contributed by atoms with Gasteiger partial charge in [-0.1, -0.05) is 23.7 Å². The van der Waals surface area contributed by atoms with Crippen molar-refractivity contribution in [2.45, 2.75) is 18.5 Å². The van der Waals surface area contributed by atoms with E-state index in [1.807, 2.05) is 0 Å². The van der Waals surface area contributed by atoms with Gasteiger partial charge in [0.2, 0.25) is 0 Å². The van der Waals surface area contributed by atoms with Gasteiger partial charge in [-0.05, 0) is 42.3 Å². The third-order valence-corrected chi connectivity index (χ3v) is 4.35. The molecule has 2 rings (SSSR count). The van der Waals surface area contributed by atoms with Crippen molar-refractivity contribution in [3.63, 3.8) is 0 Å². The summed E-state index contributed by atoms with van der Waals surface area (Å²) < 4.78 is 51.9. The molecule has 0 aromatic heterocycles. The lowest BCUT2D eigenvalue weighted by Crippen LogP contribution is -2.31. The molecule has 3 nitrogen and oxygen atoms in total. The number of alkyl halides is 3. The van der Waals surface area contributed by atoms with Gasteiger partial charge in [-0.2, -0.15) is 13.2 Å². The van der Waals surface area contributed by atoms with E-state index < -0.39 is 23.5 Å². The van der Waals surface area contributed by atoms with Crippen molar-refractivity contribution in [2.75, 3.05) is 20.2 Å². The zero-order chi connectivity index (χ0) is 20.2. The van der Waals surface area contributed by atoms with Crippen LogP contribution in [-0.4, -0.2) is 36.1 Å². The first-order valence-electron chi connectivity index (χ1n) is 8.11. The summed E-state index contributed by atoms with van der Waals surface area (Å²) in [5.41, 5.74) is -0.469. The maximum absolute atomic E-state index is 13.1. The fourth-order valence-corrected chi connectivity index (χ4v) is 3.00. The molecule has 146 valence electrons. The molecule has 0 radical (unpaired) electrons. The summed E-state index contributed by atoms with van der Waals surface area (Å²) in [7, 11) is 1.45. The summed E-state index contributed by atoms with van der Waals surface area (Å²) in [5, 5.41) is 9.08. The molecule has 2 aromatic carbocycles. The Morgan fingerprint density at radius 1 is 1.19 bits per heavy atom. The molecule has 27 heavy (non-hydrogen) atoms. The second kappa shape index (κ2) is 8.71. The number of halogens is 5. The molecule has 2 aromatic rings. The Hall–Kier alpha value is -2.12. The van der Waals surface area contributed by atoms with E-state index in [4.69, 9.17) is 11.6 Å². The first-order valence-corrected chi connectivity index (χ1v) is 8.49. The van der Waals surface area contributed by atoms with Crippen molar-refractivity contribution >= 4 is 17.5 Å². The van der Waals surface area contributed by atoms with E-state index in [1.165, 1.54) is 30.1 Å². The number of nitrogens with zero attached hydrogens (tertiary/aromatic N) is 1. The zero-order valence-electron chi connectivity index (χ0n) is 14.4. The molecule has 0 aliphatic rings. The van der Waals surface area contributed by atoms with Crippen LogP contribution in [0, 0.1) is 5.82 Å². The zero-order valence-corrected chi connectivity index (χ0v) is 15.2. The van der Waals surface area contributed by atoms with E-state index in [9.17, 15) is 27.5 Å².